The largest absolute Gasteiger partial charge is 0.480 e. The highest BCUT2D eigenvalue weighted by Crippen LogP contribution is 2.12. The second kappa shape index (κ2) is 5.89. The van der Waals surface area contributed by atoms with Gasteiger partial charge >= 0.3 is 12.0 Å². The number of nitrogens with one attached hydrogen (secondary N) is 2. The number of carbonyl (C=O) groups excluding carboxylic acids is 1. The molecule has 1 atom stereocenters. The third-order valence-corrected chi connectivity index (χ3v) is 2.33. The fourth-order valence-electron chi connectivity index (χ4n) is 1.34. The van der Waals surface area contributed by atoms with Crippen LogP contribution in [0, 0.1) is 6.92 Å². The molecule has 5 heteroatoms. The summed E-state index contributed by atoms with van der Waals surface area (Å²) >= 11 is 0. The fourth-order valence-corrected chi connectivity index (χ4v) is 1.34. The van der Waals surface area contributed by atoms with Gasteiger partial charge in [0.1, 0.15) is 6.54 Å². The molecule has 5 nitrogen and oxygen atoms in total. The Morgan fingerprint density at radius 3 is 2.41 bits per heavy atom. The standard InChI is InChI=1S/C12H16N2O3/c1-8-3-5-10(6-4-8)9(2)14-12(17)13-7-11(15)16/h3-6,9H,7H2,1-2H3,(H,15,16)(H2,13,14,17). The Bertz CT molecular complexity index is 401. The first-order chi connectivity index (χ1) is 7.99. The summed E-state index contributed by atoms with van der Waals surface area (Å²) in [5.41, 5.74) is 2.12. The predicted molar refractivity (Wildman–Crippen MR) is 63.8 cm³/mol. The number of urea groups is 1. The molecule has 0 saturated heterocycles. The van der Waals surface area contributed by atoms with E-state index in [0.29, 0.717) is 0 Å². The van der Waals surface area contributed by atoms with Crippen molar-refractivity contribution in [1.82, 2.24) is 10.6 Å². The van der Waals surface area contributed by atoms with Crippen LogP contribution in [0.4, 0.5) is 4.79 Å². The van der Waals surface area contributed by atoms with Crippen LogP contribution in [0.5, 0.6) is 0 Å². The molecule has 1 aromatic carbocycles. The lowest BCUT2D eigenvalue weighted by Crippen LogP contribution is -2.39. The quantitative estimate of drug-likeness (QED) is 0.740. The van der Waals surface area contributed by atoms with Crippen molar-refractivity contribution in [3.8, 4) is 0 Å². The lowest BCUT2D eigenvalue weighted by molar-refractivity contribution is -0.135. The van der Waals surface area contributed by atoms with Crippen LogP contribution in [0.1, 0.15) is 24.1 Å². The third-order valence-electron chi connectivity index (χ3n) is 2.33. The number of carboxylic acid groups (broad SMARTS) is 1. The van der Waals surface area contributed by atoms with Gasteiger partial charge < -0.3 is 15.7 Å². The molecular weight excluding hydrogens is 220 g/mol. The molecule has 1 unspecified atom stereocenters. The third kappa shape index (κ3) is 4.55. The molecule has 17 heavy (non-hydrogen) atoms. The molecule has 0 aliphatic rings. The van der Waals surface area contributed by atoms with Crippen LogP contribution in [0.25, 0.3) is 0 Å². The minimum atomic E-state index is -1.07. The lowest BCUT2D eigenvalue weighted by Gasteiger charge is -2.14. The molecule has 1 rings (SSSR count). The highest BCUT2D eigenvalue weighted by atomic mass is 16.4. The van der Waals surface area contributed by atoms with Gasteiger partial charge in [-0.15, -0.1) is 0 Å². The summed E-state index contributed by atoms with van der Waals surface area (Å²) in [5, 5.41) is 13.3. The molecule has 0 spiro atoms. The van der Waals surface area contributed by atoms with Gasteiger partial charge in [0.2, 0.25) is 0 Å². The SMILES string of the molecule is Cc1ccc(C(C)NC(=O)NCC(=O)O)cc1. The first-order valence-corrected chi connectivity index (χ1v) is 5.32. The summed E-state index contributed by atoms with van der Waals surface area (Å²) < 4.78 is 0. The van der Waals surface area contributed by atoms with Gasteiger partial charge in [-0.1, -0.05) is 29.8 Å². The van der Waals surface area contributed by atoms with Crippen molar-refractivity contribution in [3.05, 3.63) is 35.4 Å². The Hall–Kier alpha value is -2.04. The van der Waals surface area contributed by atoms with Crippen LogP contribution in [-0.2, 0) is 4.79 Å². The minimum absolute atomic E-state index is 0.163. The zero-order valence-corrected chi connectivity index (χ0v) is 9.86. The zero-order valence-electron chi connectivity index (χ0n) is 9.86. The van der Waals surface area contributed by atoms with Gasteiger partial charge in [0.15, 0.2) is 0 Å². The van der Waals surface area contributed by atoms with E-state index >= 15 is 0 Å². The van der Waals surface area contributed by atoms with Crippen LogP contribution < -0.4 is 10.6 Å². The Kier molecular flexibility index (Phi) is 4.51. The molecule has 92 valence electrons. The van der Waals surface area contributed by atoms with Crippen molar-refractivity contribution in [2.45, 2.75) is 19.9 Å². The topological polar surface area (TPSA) is 78.4 Å². The van der Waals surface area contributed by atoms with Gasteiger partial charge in [-0.2, -0.15) is 0 Å². The van der Waals surface area contributed by atoms with E-state index in [-0.39, 0.29) is 12.6 Å². The second-order valence-electron chi connectivity index (χ2n) is 3.85. The summed E-state index contributed by atoms with van der Waals surface area (Å²) in [6, 6.07) is 7.13. The van der Waals surface area contributed by atoms with E-state index in [1.54, 1.807) is 0 Å². The van der Waals surface area contributed by atoms with E-state index < -0.39 is 12.0 Å². The highest BCUT2D eigenvalue weighted by molar-refractivity contribution is 5.80. The van der Waals surface area contributed by atoms with Gasteiger partial charge in [0.25, 0.3) is 0 Å². The molecule has 1 aromatic rings. The zero-order chi connectivity index (χ0) is 12.8. The number of amides is 2. The van der Waals surface area contributed by atoms with Crippen LogP contribution >= 0.6 is 0 Å². The Morgan fingerprint density at radius 1 is 1.29 bits per heavy atom. The minimum Gasteiger partial charge on any atom is -0.480 e. The second-order valence-corrected chi connectivity index (χ2v) is 3.85. The summed E-state index contributed by atoms with van der Waals surface area (Å²) in [4.78, 5) is 21.6. The summed E-state index contributed by atoms with van der Waals surface area (Å²) in [5.74, 6) is -1.07. The molecule has 0 bridgehead atoms. The van der Waals surface area contributed by atoms with Gasteiger partial charge in [-0.25, -0.2) is 4.79 Å². The van der Waals surface area contributed by atoms with Crippen molar-refractivity contribution in [1.29, 1.82) is 0 Å². The maximum absolute atomic E-state index is 11.3. The number of benzene rings is 1. The molecule has 0 aromatic heterocycles. The molecule has 0 fully saturated rings. The molecular formula is C12H16N2O3. The number of hydrogen-bond donors (Lipinski definition) is 3. The predicted octanol–water partition coefficient (Wildman–Crippen LogP) is 1.44. The average Bonchev–Trinajstić information content (AvgIpc) is 2.27. The highest BCUT2D eigenvalue weighted by Gasteiger charge is 2.09. The number of carboxylic acids is 1. The first kappa shape index (κ1) is 13.0. The van der Waals surface area contributed by atoms with Crippen molar-refractivity contribution in [2.75, 3.05) is 6.54 Å². The summed E-state index contributed by atoms with van der Waals surface area (Å²) in [6.45, 7) is 3.44. The first-order valence-electron chi connectivity index (χ1n) is 5.32. The van der Waals surface area contributed by atoms with E-state index in [4.69, 9.17) is 5.11 Å². The number of aliphatic carboxylic acids is 1. The number of rotatable bonds is 4. The summed E-state index contributed by atoms with van der Waals surface area (Å²) in [7, 11) is 0. The van der Waals surface area contributed by atoms with E-state index in [1.807, 2.05) is 38.1 Å². The van der Waals surface area contributed by atoms with E-state index in [0.717, 1.165) is 11.1 Å². The van der Waals surface area contributed by atoms with Crippen molar-refractivity contribution in [2.24, 2.45) is 0 Å². The van der Waals surface area contributed by atoms with E-state index in [1.165, 1.54) is 0 Å². The Labute approximate surface area is 99.8 Å². The number of aryl methyl sites for hydroxylation is 1. The van der Waals surface area contributed by atoms with Crippen molar-refractivity contribution < 1.29 is 14.7 Å². The Balaban J connectivity index is 2.48. The van der Waals surface area contributed by atoms with Gasteiger partial charge in [-0.05, 0) is 19.4 Å². The maximum Gasteiger partial charge on any atom is 0.323 e. The fraction of sp³-hybridized carbons (Fsp3) is 0.333. The number of hydrogen-bond acceptors (Lipinski definition) is 2. The number of carbonyl (C=O) groups is 2. The molecule has 0 radical (unpaired) electrons. The van der Waals surface area contributed by atoms with E-state index in [9.17, 15) is 9.59 Å². The Morgan fingerprint density at radius 2 is 1.88 bits per heavy atom. The molecule has 0 aliphatic carbocycles. The normalized spacial score (nSPS) is 11.6. The van der Waals surface area contributed by atoms with Crippen LogP contribution in [0.3, 0.4) is 0 Å². The summed E-state index contributed by atoms with van der Waals surface area (Å²) in [6.07, 6.45) is 0. The maximum atomic E-state index is 11.3. The molecule has 0 heterocycles. The molecule has 0 saturated carbocycles. The monoisotopic (exact) mass is 236 g/mol. The van der Waals surface area contributed by atoms with Crippen molar-refractivity contribution in [3.63, 3.8) is 0 Å². The van der Waals surface area contributed by atoms with Gasteiger partial charge in [-0.3, -0.25) is 4.79 Å². The van der Waals surface area contributed by atoms with E-state index in [2.05, 4.69) is 10.6 Å². The van der Waals surface area contributed by atoms with Crippen molar-refractivity contribution >= 4 is 12.0 Å². The van der Waals surface area contributed by atoms with Crippen LogP contribution in [0.2, 0.25) is 0 Å². The molecule has 0 aliphatic heterocycles. The lowest BCUT2D eigenvalue weighted by atomic mass is 10.1. The molecule has 2 amide bonds. The van der Waals surface area contributed by atoms with Gasteiger partial charge in [0, 0.05) is 0 Å². The molecule has 3 N–H and O–H groups in total. The average molecular weight is 236 g/mol. The van der Waals surface area contributed by atoms with Crippen LogP contribution in [-0.4, -0.2) is 23.7 Å². The van der Waals surface area contributed by atoms with Crippen LogP contribution in [0.15, 0.2) is 24.3 Å². The van der Waals surface area contributed by atoms with Gasteiger partial charge in [0.05, 0.1) is 6.04 Å². The smallest absolute Gasteiger partial charge is 0.323 e.